The number of fused-ring (bicyclic) bond motifs is 9. The third-order valence-electron chi connectivity index (χ3n) is 13.9. The van der Waals surface area contributed by atoms with E-state index in [0.29, 0.717) is 0 Å². The number of nitrogens with zero attached hydrogens (tertiary/aromatic N) is 1. The van der Waals surface area contributed by atoms with E-state index in [0.717, 1.165) is 50.3 Å². The SMILES string of the molecule is Cc1cc(C)c2oc3c(-c4ccc(C(C)(C)C)cc4N(c4ccc5c(c4)C(C)(C)c4ccccc4-5)c4ccc5c(c4)C(C)(C)c4cccc(C(C)(C)C)c4-5)cccc3c2c1. The van der Waals surface area contributed by atoms with Crippen LogP contribution in [0.2, 0.25) is 0 Å². The molecular formula is C58H57NO. The molecule has 8 aromatic rings. The zero-order chi connectivity index (χ0) is 42.3. The monoisotopic (exact) mass is 783 g/mol. The minimum Gasteiger partial charge on any atom is -0.455 e. The molecule has 0 spiro atoms. The van der Waals surface area contributed by atoms with Crippen LogP contribution in [0.1, 0.15) is 114 Å². The number of aryl methyl sites for hydroxylation is 2. The highest BCUT2D eigenvalue weighted by atomic mass is 16.3. The van der Waals surface area contributed by atoms with Crippen LogP contribution in [0.15, 0.2) is 132 Å². The summed E-state index contributed by atoms with van der Waals surface area (Å²) < 4.78 is 6.93. The second-order valence-corrected chi connectivity index (χ2v) is 20.8. The van der Waals surface area contributed by atoms with Crippen molar-refractivity contribution in [1.29, 1.82) is 0 Å². The third kappa shape index (κ3) is 5.59. The average Bonchev–Trinajstić information content (AvgIpc) is 3.77. The number of anilines is 3. The van der Waals surface area contributed by atoms with Crippen LogP contribution in [0, 0.1) is 13.8 Å². The van der Waals surface area contributed by atoms with Crippen molar-refractivity contribution in [2.45, 2.75) is 105 Å². The molecule has 0 aliphatic heterocycles. The van der Waals surface area contributed by atoms with Gasteiger partial charge in [-0.3, -0.25) is 0 Å². The van der Waals surface area contributed by atoms with Crippen LogP contribution in [0.5, 0.6) is 0 Å². The molecule has 0 fully saturated rings. The second kappa shape index (κ2) is 12.8. The van der Waals surface area contributed by atoms with Gasteiger partial charge in [0.25, 0.3) is 0 Å². The fourth-order valence-electron chi connectivity index (χ4n) is 10.7. The smallest absolute Gasteiger partial charge is 0.143 e. The summed E-state index contributed by atoms with van der Waals surface area (Å²) in [6.45, 7) is 27.9. The Morgan fingerprint density at radius 2 is 1.07 bits per heavy atom. The summed E-state index contributed by atoms with van der Waals surface area (Å²) in [5.74, 6) is 0. The first-order chi connectivity index (χ1) is 28.4. The van der Waals surface area contributed by atoms with Crippen molar-refractivity contribution in [3.8, 4) is 33.4 Å². The van der Waals surface area contributed by atoms with Gasteiger partial charge in [-0.2, -0.15) is 0 Å². The highest BCUT2D eigenvalue weighted by Crippen LogP contribution is 2.56. The molecule has 60 heavy (non-hydrogen) atoms. The first-order valence-corrected chi connectivity index (χ1v) is 21.8. The number of hydrogen-bond acceptors (Lipinski definition) is 2. The standard InChI is InChI=1S/C58H57NO/c1-34-29-35(2)53-45(30-34)43-19-15-18-42(54(43)60-53)41-26-23-36(55(3,4)5)31-51(41)59(37-24-27-40-39-17-13-14-20-46(39)57(9,10)49(40)32-37)38-25-28-44-50(33-38)58(11,12)48-22-16-21-47(52(44)48)56(6,7)8/h13-33H,1-12H3. The fourth-order valence-corrected chi connectivity index (χ4v) is 10.7. The lowest BCUT2D eigenvalue weighted by molar-refractivity contribution is 0.589. The summed E-state index contributed by atoms with van der Waals surface area (Å²) >= 11 is 0. The quantitative estimate of drug-likeness (QED) is 0.177. The van der Waals surface area contributed by atoms with Gasteiger partial charge in [-0.25, -0.2) is 0 Å². The molecule has 1 aromatic heterocycles. The largest absolute Gasteiger partial charge is 0.455 e. The van der Waals surface area contributed by atoms with Crippen molar-refractivity contribution in [3.05, 3.63) is 172 Å². The summed E-state index contributed by atoms with van der Waals surface area (Å²) in [7, 11) is 0. The Labute approximate surface area is 356 Å². The van der Waals surface area contributed by atoms with Gasteiger partial charge < -0.3 is 9.32 Å². The number of furan rings is 1. The molecular weight excluding hydrogens is 727 g/mol. The molecule has 0 radical (unpaired) electrons. The molecule has 2 nitrogen and oxygen atoms in total. The van der Waals surface area contributed by atoms with Crippen LogP contribution < -0.4 is 4.90 Å². The summed E-state index contributed by atoms with van der Waals surface area (Å²) in [5.41, 5.74) is 23.2. The number of para-hydroxylation sites is 1. The van der Waals surface area contributed by atoms with Crippen LogP contribution in [-0.4, -0.2) is 0 Å². The van der Waals surface area contributed by atoms with Crippen molar-refractivity contribution in [2.24, 2.45) is 0 Å². The third-order valence-corrected chi connectivity index (χ3v) is 13.9. The van der Waals surface area contributed by atoms with Crippen LogP contribution in [0.3, 0.4) is 0 Å². The van der Waals surface area contributed by atoms with E-state index in [9.17, 15) is 0 Å². The fraction of sp³-hybridized carbons (Fsp3) is 0.276. The lowest BCUT2D eigenvalue weighted by Crippen LogP contribution is -2.19. The van der Waals surface area contributed by atoms with Crippen LogP contribution >= 0.6 is 0 Å². The molecule has 7 aromatic carbocycles. The van der Waals surface area contributed by atoms with E-state index in [1.165, 1.54) is 66.6 Å². The van der Waals surface area contributed by atoms with Gasteiger partial charge in [0.1, 0.15) is 11.2 Å². The summed E-state index contributed by atoms with van der Waals surface area (Å²) in [4.78, 5) is 2.55. The van der Waals surface area contributed by atoms with Crippen molar-refractivity contribution < 1.29 is 4.42 Å². The Balaban J connectivity index is 1.27. The summed E-state index contributed by atoms with van der Waals surface area (Å²) in [6, 6.07) is 48.6. The van der Waals surface area contributed by atoms with E-state index in [2.05, 4.69) is 215 Å². The molecule has 1 heterocycles. The predicted octanol–water partition coefficient (Wildman–Crippen LogP) is 16.5. The van der Waals surface area contributed by atoms with Gasteiger partial charge in [-0.1, -0.05) is 160 Å². The number of hydrogen-bond donors (Lipinski definition) is 0. The van der Waals surface area contributed by atoms with Gasteiger partial charge >= 0.3 is 0 Å². The highest BCUT2D eigenvalue weighted by molar-refractivity contribution is 6.12. The Morgan fingerprint density at radius 1 is 0.467 bits per heavy atom. The van der Waals surface area contributed by atoms with Crippen molar-refractivity contribution >= 4 is 39.0 Å². The van der Waals surface area contributed by atoms with Crippen LogP contribution in [0.4, 0.5) is 17.1 Å². The van der Waals surface area contributed by atoms with Crippen molar-refractivity contribution in [3.63, 3.8) is 0 Å². The maximum atomic E-state index is 6.93. The summed E-state index contributed by atoms with van der Waals surface area (Å²) in [6.07, 6.45) is 0. The number of rotatable bonds is 4. The first-order valence-electron chi connectivity index (χ1n) is 21.8. The molecule has 0 saturated carbocycles. The Bertz CT molecular complexity index is 3080. The lowest BCUT2D eigenvalue weighted by Gasteiger charge is -2.32. The lowest BCUT2D eigenvalue weighted by atomic mass is 9.79. The maximum Gasteiger partial charge on any atom is 0.143 e. The Hall–Kier alpha value is -5.86. The predicted molar refractivity (Wildman–Crippen MR) is 256 cm³/mol. The average molecular weight is 784 g/mol. The zero-order valence-corrected chi connectivity index (χ0v) is 37.5. The van der Waals surface area contributed by atoms with Crippen LogP contribution in [0.25, 0.3) is 55.3 Å². The van der Waals surface area contributed by atoms with Gasteiger partial charge in [-0.15, -0.1) is 0 Å². The first kappa shape index (κ1) is 38.3. The maximum absolute atomic E-state index is 6.93. The van der Waals surface area contributed by atoms with Gasteiger partial charge in [0.15, 0.2) is 0 Å². The van der Waals surface area contributed by atoms with Gasteiger partial charge in [-0.05, 0) is 128 Å². The zero-order valence-electron chi connectivity index (χ0n) is 37.5. The van der Waals surface area contributed by atoms with E-state index < -0.39 is 0 Å². The molecule has 2 aliphatic rings. The minimum atomic E-state index is -0.179. The molecule has 10 rings (SSSR count). The van der Waals surface area contributed by atoms with E-state index in [1.54, 1.807) is 0 Å². The Morgan fingerprint density at radius 3 is 1.78 bits per heavy atom. The highest BCUT2D eigenvalue weighted by Gasteiger charge is 2.40. The molecule has 2 heteroatoms. The normalized spacial score (nSPS) is 14.9. The molecule has 0 N–H and O–H groups in total. The van der Waals surface area contributed by atoms with E-state index in [1.807, 2.05) is 0 Å². The minimum absolute atomic E-state index is 0.0136. The van der Waals surface area contributed by atoms with Gasteiger partial charge in [0.05, 0.1) is 5.69 Å². The van der Waals surface area contributed by atoms with Crippen LogP contribution in [-0.2, 0) is 21.7 Å². The topological polar surface area (TPSA) is 16.4 Å². The van der Waals surface area contributed by atoms with Crippen molar-refractivity contribution in [2.75, 3.05) is 4.90 Å². The number of benzene rings is 7. The van der Waals surface area contributed by atoms with Crippen molar-refractivity contribution in [1.82, 2.24) is 0 Å². The molecule has 0 atom stereocenters. The van der Waals surface area contributed by atoms with Gasteiger partial charge in [0, 0.05) is 44.1 Å². The second-order valence-electron chi connectivity index (χ2n) is 20.8. The van der Waals surface area contributed by atoms with Gasteiger partial charge in [0.2, 0.25) is 0 Å². The Kier molecular flexibility index (Phi) is 8.20. The van der Waals surface area contributed by atoms with E-state index >= 15 is 0 Å². The molecule has 300 valence electrons. The molecule has 0 unspecified atom stereocenters. The summed E-state index contributed by atoms with van der Waals surface area (Å²) in [5, 5.41) is 2.32. The molecule has 2 aliphatic carbocycles. The van der Waals surface area contributed by atoms with E-state index in [4.69, 9.17) is 4.42 Å². The molecule has 0 bridgehead atoms. The molecule has 0 saturated heterocycles. The van der Waals surface area contributed by atoms with E-state index in [-0.39, 0.29) is 21.7 Å². The molecule has 0 amide bonds.